The van der Waals surface area contributed by atoms with Crippen molar-refractivity contribution in [2.45, 2.75) is 70.8 Å². The summed E-state index contributed by atoms with van der Waals surface area (Å²) in [5, 5.41) is 0.870. The van der Waals surface area contributed by atoms with Crippen LogP contribution in [-0.2, 0) is 32.2 Å². The number of anilines is 1. The van der Waals surface area contributed by atoms with E-state index in [4.69, 9.17) is 9.47 Å². The van der Waals surface area contributed by atoms with Crippen LogP contribution < -0.4 is 4.90 Å². The second-order valence-electron chi connectivity index (χ2n) is 13.6. The number of methoxy groups -OCH3 is 1. The van der Waals surface area contributed by atoms with Crippen LogP contribution in [0.1, 0.15) is 45.6 Å². The van der Waals surface area contributed by atoms with Gasteiger partial charge >= 0.3 is 6.09 Å². The predicted molar refractivity (Wildman–Crippen MR) is 183 cm³/mol. The number of hydrogen-bond donors (Lipinski definition) is 0. The summed E-state index contributed by atoms with van der Waals surface area (Å²) in [4.78, 5) is 46.8. The maximum Gasteiger partial charge on any atom is 0.410 e. The van der Waals surface area contributed by atoms with Crippen molar-refractivity contribution in [3.8, 4) is 11.1 Å². The first kappa shape index (κ1) is 33.2. The number of halogens is 1. The van der Waals surface area contributed by atoms with E-state index in [1.54, 1.807) is 38.8 Å². The molecule has 1 atom stereocenters. The summed E-state index contributed by atoms with van der Waals surface area (Å²) in [7, 11) is 1.65. The summed E-state index contributed by atoms with van der Waals surface area (Å²) < 4.78 is 27.3. The van der Waals surface area contributed by atoms with Crippen molar-refractivity contribution in [3.63, 3.8) is 0 Å². The number of aromatic nitrogens is 1. The van der Waals surface area contributed by atoms with Gasteiger partial charge in [-0.2, -0.15) is 0 Å². The van der Waals surface area contributed by atoms with Gasteiger partial charge in [0.05, 0.1) is 12.1 Å². The van der Waals surface area contributed by atoms with Gasteiger partial charge in [-0.1, -0.05) is 42.5 Å². The van der Waals surface area contributed by atoms with E-state index in [9.17, 15) is 18.8 Å². The zero-order valence-corrected chi connectivity index (χ0v) is 28.0. The highest BCUT2D eigenvalue weighted by molar-refractivity contribution is 6.04. The van der Waals surface area contributed by atoms with E-state index in [1.807, 2.05) is 70.3 Å². The summed E-state index contributed by atoms with van der Waals surface area (Å²) in [6.45, 7) is 6.59. The average molecular weight is 655 g/mol. The number of amides is 3. The molecule has 6 rings (SSSR count). The van der Waals surface area contributed by atoms with Crippen LogP contribution in [0.15, 0.2) is 79.0 Å². The molecule has 3 aromatic carbocycles. The molecule has 4 aromatic rings. The average Bonchev–Trinajstić information content (AvgIpc) is 3.85. The number of benzene rings is 3. The predicted octanol–water partition coefficient (Wildman–Crippen LogP) is 6.63. The molecular weight excluding hydrogens is 611 g/mol. The van der Waals surface area contributed by atoms with E-state index < -0.39 is 17.7 Å². The van der Waals surface area contributed by atoms with Crippen LogP contribution in [0.3, 0.4) is 0 Å². The second-order valence-corrected chi connectivity index (χ2v) is 13.6. The van der Waals surface area contributed by atoms with Gasteiger partial charge in [-0.15, -0.1) is 0 Å². The first-order valence-corrected chi connectivity index (χ1v) is 16.5. The van der Waals surface area contributed by atoms with E-state index in [0.717, 1.165) is 46.9 Å². The Morgan fingerprint density at radius 2 is 1.73 bits per heavy atom. The van der Waals surface area contributed by atoms with Gasteiger partial charge in [0, 0.05) is 50.1 Å². The summed E-state index contributed by atoms with van der Waals surface area (Å²) in [5.74, 6) is -0.935. The minimum atomic E-state index is -0.974. The minimum absolute atomic E-state index is 0.00523. The Morgan fingerprint density at radius 3 is 2.44 bits per heavy atom. The number of piperazine rings is 1. The zero-order chi connectivity index (χ0) is 34.0. The normalized spacial score (nSPS) is 16.8. The molecule has 3 amide bonds. The molecule has 48 heavy (non-hydrogen) atoms. The molecule has 0 N–H and O–H groups in total. The molecule has 10 heteroatoms. The molecule has 1 saturated carbocycles. The molecule has 1 aliphatic carbocycles. The fourth-order valence-corrected chi connectivity index (χ4v) is 6.39. The third kappa shape index (κ3) is 7.39. The van der Waals surface area contributed by atoms with Gasteiger partial charge in [0.1, 0.15) is 24.0 Å². The molecule has 2 fully saturated rings. The van der Waals surface area contributed by atoms with Crippen LogP contribution in [-0.4, -0.2) is 76.8 Å². The number of carbonyl (C=O) groups excluding carboxylic acids is 3. The third-order valence-corrected chi connectivity index (χ3v) is 8.75. The highest BCUT2D eigenvalue weighted by Crippen LogP contribution is 2.35. The van der Waals surface area contributed by atoms with Crippen LogP contribution >= 0.6 is 0 Å². The number of ether oxygens (including phenoxy) is 2. The molecule has 0 spiro atoms. The number of hydrogen-bond acceptors (Lipinski definition) is 5. The van der Waals surface area contributed by atoms with Crippen LogP contribution in [0, 0.1) is 5.82 Å². The van der Waals surface area contributed by atoms with Crippen LogP contribution in [0.5, 0.6) is 0 Å². The smallest absolute Gasteiger partial charge is 0.410 e. The van der Waals surface area contributed by atoms with Crippen molar-refractivity contribution >= 4 is 34.5 Å². The molecule has 9 nitrogen and oxygen atoms in total. The minimum Gasteiger partial charge on any atom is -0.444 e. The van der Waals surface area contributed by atoms with E-state index in [0.29, 0.717) is 18.8 Å². The number of aryl methyl sites for hydroxylation is 1. The standard InChI is InChI=1S/C38H43FN4O5/c1-38(2,3)48-37(46)41-24-34(43(35(44)25-41)31-13-8-12-27(20-31)26-10-6-5-7-11-26)36(45)42(30-15-16-30)23-28-22-40(18-9-19-47-4)33-21-29(39)14-17-32(28)33/h5-8,10-14,17,20-22,30,34H,9,15-16,18-19,23-25H2,1-4H3. The van der Waals surface area contributed by atoms with Crippen molar-refractivity contribution in [2.24, 2.45) is 0 Å². The SMILES string of the molecule is COCCCn1cc(CN(C(=O)C2CN(C(=O)OC(C)(C)C)CC(=O)N2c2cccc(-c3ccccc3)c2)C2CC2)c2ccc(F)cc21. The number of nitrogens with zero attached hydrogens (tertiary/aromatic N) is 4. The fourth-order valence-electron chi connectivity index (χ4n) is 6.39. The summed E-state index contributed by atoms with van der Waals surface area (Å²) in [6, 6.07) is 21.2. The lowest BCUT2D eigenvalue weighted by Crippen LogP contribution is -2.63. The quantitative estimate of drug-likeness (QED) is 0.179. The van der Waals surface area contributed by atoms with Crippen LogP contribution in [0.25, 0.3) is 22.0 Å². The Bertz CT molecular complexity index is 1800. The van der Waals surface area contributed by atoms with Crippen LogP contribution in [0.2, 0.25) is 0 Å². The molecule has 1 aliphatic heterocycles. The van der Waals surface area contributed by atoms with Gasteiger partial charge in [0.25, 0.3) is 0 Å². The molecule has 1 saturated heterocycles. The Morgan fingerprint density at radius 1 is 0.979 bits per heavy atom. The zero-order valence-electron chi connectivity index (χ0n) is 28.0. The number of carbonyl (C=O) groups is 3. The van der Waals surface area contributed by atoms with E-state index in [-0.39, 0.29) is 43.3 Å². The topological polar surface area (TPSA) is 84.3 Å². The van der Waals surface area contributed by atoms with Crippen LogP contribution in [0.4, 0.5) is 14.9 Å². The molecule has 0 bridgehead atoms. The van der Waals surface area contributed by atoms with E-state index >= 15 is 0 Å². The van der Waals surface area contributed by atoms with Gasteiger partial charge < -0.3 is 18.9 Å². The molecule has 2 heterocycles. The van der Waals surface area contributed by atoms with Gasteiger partial charge in [-0.25, -0.2) is 9.18 Å². The third-order valence-electron chi connectivity index (χ3n) is 8.75. The van der Waals surface area contributed by atoms with Crippen molar-refractivity contribution < 1.29 is 28.2 Å². The molecule has 1 aromatic heterocycles. The molecule has 252 valence electrons. The highest BCUT2D eigenvalue weighted by Gasteiger charge is 2.45. The largest absolute Gasteiger partial charge is 0.444 e. The monoisotopic (exact) mass is 654 g/mol. The van der Waals surface area contributed by atoms with Gasteiger partial charge in [-0.3, -0.25) is 19.4 Å². The number of rotatable bonds is 10. The van der Waals surface area contributed by atoms with E-state index in [1.165, 1.54) is 17.0 Å². The van der Waals surface area contributed by atoms with Crippen molar-refractivity contribution in [2.75, 3.05) is 31.7 Å². The second kappa shape index (κ2) is 13.8. The maximum atomic E-state index is 14.8. The lowest BCUT2D eigenvalue weighted by molar-refractivity contribution is -0.138. The Balaban J connectivity index is 1.36. The summed E-state index contributed by atoms with van der Waals surface area (Å²) >= 11 is 0. The highest BCUT2D eigenvalue weighted by atomic mass is 19.1. The van der Waals surface area contributed by atoms with Crippen molar-refractivity contribution in [1.29, 1.82) is 0 Å². The first-order chi connectivity index (χ1) is 23.0. The van der Waals surface area contributed by atoms with Gasteiger partial charge in [0.15, 0.2) is 0 Å². The van der Waals surface area contributed by atoms with E-state index in [2.05, 4.69) is 0 Å². The fraction of sp³-hybridized carbons (Fsp3) is 0.395. The maximum absolute atomic E-state index is 14.8. The lowest BCUT2D eigenvalue weighted by atomic mass is 10.0. The Hall–Kier alpha value is -4.70. The molecule has 2 aliphatic rings. The molecule has 1 unspecified atom stereocenters. The molecule has 0 radical (unpaired) electrons. The first-order valence-electron chi connectivity index (χ1n) is 16.5. The summed E-state index contributed by atoms with van der Waals surface area (Å²) in [6.07, 6.45) is 3.79. The van der Waals surface area contributed by atoms with Crippen molar-refractivity contribution in [3.05, 3.63) is 90.4 Å². The Kier molecular flexibility index (Phi) is 9.55. The number of fused-ring (bicyclic) bond motifs is 1. The molecular formula is C38H43FN4O5. The van der Waals surface area contributed by atoms with Gasteiger partial charge in [-0.05, 0) is 87.1 Å². The van der Waals surface area contributed by atoms with Crippen molar-refractivity contribution in [1.82, 2.24) is 14.4 Å². The lowest BCUT2D eigenvalue weighted by Gasteiger charge is -2.42. The Labute approximate surface area is 280 Å². The van der Waals surface area contributed by atoms with Gasteiger partial charge in [0.2, 0.25) is 11.8 Å². The summed E-state index contributed by atoms with van der Waals surface area (Å²) in [5.41, 5.74) is 3.37.